The van der Waals surface area contributed by atoms with Gasteiger partial charge in [0, 0.05) is 12.1 Å². The van der Waals surface area contributed by atoms with Crippen LogP contribution in [0.15, 0.2) is 18.2 Å². The van der Waals surface area contributed by atoms with Gasteiger partial charge in [-0.1, -0.05) is 37.8 Å². The van der Waals surface area contributed by atoms with Crippen LogP contribution in [-0.4, -0.2) is 12.5 Å². The minimum absolute atomic E-state index is 0.0739. The van der Waals surface area contributed by atoms with Gasteiger partial charge in [0.2, 0.25) is 0 Å². The van der Waals surface area contributed by atoms with Crippen LogP contribution in [0.3, 0.4) is 0 Å². The summed E-state index contributed by atoms with van der Waals surface area (Å²) in [6.07, 6.45) is 6.23. The van der Waals surface area contributed by atoms with E-state index in [1.165, 1.54) is 32.1 Å². The third kappa shape index (κ3) is 3.63. The summed E-state index contributed by atoms with van der Waals surface area (Å²) in [5, 5.41) is 3.50. The second kappa shape index (κ2) is 5.83. The second-order valence-electron chi connectivity index (χ2n) is 5.79. The first-order chi connectivity index (χ1) is 9.00. The standard InChI is InChI=1S/C15H21ClN2O/c1-15(7-3-2-4-8-15)10-18-14(19)11-5-6-12(16)13(17)9-11/h5-6,9H,2-4,7-8,10,17H2,1H3,(H,18,19). The molecule has 3 N–H and O–H groups in total. The van der Waals surface area contributed by atoms with E-state index in [1.807, 2.05) is 0 Å². The predicted molar refractivity (Wildman–Crippen MR) is 79.4 cm³/mol. The fourth-order valence-corrected chi connectivity index (χ4v) is 2.78. The molecule has 0 aromatic heterocycles. The third-order valence-electron chi connectivity index (χ3n) is 3.99. The highest BCUT2D eigenvalue weighted by molar-refractivity contribution is 6.33. The minimum Gasteiger partial charge on any atom is -0.398 e. The highest BCUT2D eigenvalue weighted by Crippen LogP contribution is 2.35. The van der Waals surface area contributed by atoms with Crippen LogP contribution in [0, 0.1) is 5.41 Å². The Kier molecular flexibility index (Phi) is 4.35. The van der Waals surface area contributed by atoms with Crippen LogP contribution in [0.5, 0.6) is 0 Å². The van der Waals surface area contributed by atoms with Crippen molar-refractivity contribution in [1.82, 2.24) is 5.32 Å². The first-order valence-electron chi connectivity index (χ1n) is 6.83. The van der Waals surface area contributed by atoms with E-state index >= 15 is 0 Å². The molecule has 1 aromatic carbocycles. The minimum atomic E-state index is -0.0739. The van der Waals surface area contributed by atoms with Gasteiger partial charge in [-0.25, -0.2) is 0 Å². The average molecular weight is 281 g/mol. The zero-order valence-electron chi connectivity index (χ0n) is 11.3. The molecule has 0 unspecified atom stereocenters. The first-order valence-corrected chi connectivity index (χ1v) is 7.21. The molecular formula is C15H21ClN2O. The summed E-state index contributed by atoms with van der Waals surface area (Å²) >= 11 is 5.85. The van der Waals surface area contributed by atoms with Crippen molar-refractivity contribution < 1.29 is 4.79 Å². The summed E-state index contributed by atoms with van der Waals surface area (Å²) in [5.41, 5.74) is 6.97. The Morgan fingerprint density at radius 2 is 2.05 bits per heavy atom. The molecule has 1 aliphatic rings. The van der Waals surface area contributed by atoms with Gasteiger partial charge in [-0.15, -0.1) is 0 Å². The molecule has 1 aromatic rings. The summed E-state index contributed by atoms with van der Waals surface area (Å²) in [6.45, 7) is 2.98. The van der Waals surface area contributed by atoms with Gasteiger partial charge >= 0.3 is 0 Å². The van der Waals surface area contributed by atoms with Crippen molar-refractivity contribution in [2.45, 2.75) is 39.0 Å². The Morgan fingerprint density at radius 1 is 1.37 bits per heavy atom. The number of nitrogens with one attached hydrogen (secondary N) is 1. The molecular weight excluding hydrogens is 260 g/mol. The number of hydrogen-bond donors (Lipinski definition) is 2. The zero-order chi connectivity index (χ0) is 13.9. The number of amides is 1. The third-order valence-corrected chi connectivity index (χ3v) is 4.34. The number of anilines is 1. The van der Waals surface area contributed by atoms with Crippen LogP contribution in [0.2, 0.25) is 5.02 Å². The van der Waals surface area contributed by atoms with Gasteiger partial charge in [-0.3, -0.25) is 4.79 Å². The fourth-order valence-electron chi connectivity index (χ4n) is 2.66. The van der Waals surface area contributed by atoms with Gasteiger partial charge in [0.15, 0.2) is 0 Å². The van der Waals surface area contributed by atoms with Crippen molar-refractivity contribution in [2.75, 3.05) is 12.3 Å². The lowest BCUT2D eigenvalue weighted by atomic mass is 9.76. The molecule has 19 heavy (non-hydrogen) atoms. The number of carbonyl (C=O) groups excluding carboxylic acids is 1. The van der Waals surface area contributed by atoms with E-state index in [9.17, 15) is 4.79 Å². The SMILES string of the molecule is CC1(CNC(=O)c2ccc(Cl)c(N)c2)CCCCC1. The Labute approximate surface area is 119 Å². The normalized spacial score (nSPS) is 18.0. The van der Waals surface area contributed by atoms with Crippen LogP contribution in [0.1, 0.15) is 49.4 Å². The van der Waals surface area contributed by atoms with E-state index in [0.29, 0.717) is 16.3 Å². The van der Waals surface area contributed by atoms with Crippen molar-refractivity contribution in [3.8, 4) is 0 Å². The first kappa shape index (κ1) is 14.2. The highest BCUT2D eigenvalue weighted by Gasteiger charge is 2.27. The molecule has 0 spiro atoms. The monoisotopic (exact) mass is 280 g/mol. The highest BCUT2D eigenvalue weighted by atomic mass is 35.5. The summed E-state index contributed by atoms with van der Waals surface area (Å²) in [5.74, 6) is -0.0739. The summed E-state index contributed by atoms with van der Waals surface area (Å²) in [7, 11) is 0. The number of carbonyl (C=O) groups is 1. The van der Waals surface area contributed by atoms with Crippen LogP contribution >= 0.6 is 11.6 Å². The number of benzene rings is 1. The quantitative estimate of drug-likeness (QED) is 0.831. The van der Waals surface area contributed by atoms with E-state index in [0.717, 1.165) is 6.54 Å². The lowest BCUT2D eigenvalue weighted by molar-refractivity contribution is 0.0919. The van der Waals surface area contributed by atoms with Gasteiger partial charge in [-0.2, -0.15) is 0 Å². The summed E-state index contributed by atoms with van der Waals surface area (Å²) < 4.78 is 0. The van der Waals surface area contributed by atoms with Gasteiger partial charge < -0.3 is 11.1 Å². The molecule has 1 amide bonds. The second-order valence-corrected chi connectivity index (χ2v) is 6.20. The van der Waals surface area contributed by atoms with Crippen LogP contribution in [0.4, 0.5) is 5.69 Å². The summed E-state index contributed by atoms with van der Waals surface area (Å²) in [6, 6.07) is 4.99. The molecule has 0 atom stereocenters. The van der Waals surface area contributed by atoms with Crippen molar-refractivity contribution >= 4 is 23.2 Å². The number of rotatable bonds is 3. The van der Waals surface area contributed by atoms with Crippen molar-refractivity contribution in [2.24, 2.45) is 5.41 Å². The smallest absolute Gasteiger partial charge is 0.251 e. The molecule has 0 radical (unpaired) electrons. The molecule has 1 saturated carbocycles. The number of nitrogens with two attached hydrogens (primary N) is 1. The zero-order valence-corrected chi connectivity index (χ0v) is 12.1. The van der Waals surface area contributed by atoms with E-state index in [-0.39, 0.29) is 11.3 Å². The van der Waals surface area contributed by atoms with E-state index in [1.54, 1.807) is 18.2 Å². The van der Waals surface area contributed by atoms with Gasteiger partial charge in [0.25, 0.3) is 5.91 Å². The van der Waals surface area contributed by atoms with E-state index in [2.05, 4.69) is 12.2 Å². The molecule has 4 heteroatoms. The Balaban J connectivity index is 1.95. The molecule has 2 rings (SSSR count). The Hall–Kier alpha value is -1.22. The van der Waals surface area contributed by atoms with E-state index in [4.69, 9.17) is 17.3 Å². The van der Waals surface area contributed by atoms with Crippen LogP contribution < -0.4 is 11.1 Å². The van der Waals surface area contributed by atoms with Crippen LogP contribution in [-0.2, 0) is 0 Å². The maximum absolute atomic E-state index is 12.1. The van der Waals surface area contributed by atoms with Gasteiger partial charge in [0.05, 0.1) is 10.7 Å². The lowest BCUT2D eigenvalue weighted by Gasteiger charge is -2.33. The maximum atomic E-state index is 12.1. The molecule has 0 bridgehead atoms. The van der Waals surface area contributed by atoms with Crippen molar-refractivity contribution in [1.29, 1.82) is 0 Å². The topological polar surface area (TPSA) is 55.1 Å². The number of nitrogen functional groups attached to an aromatic ring is 1. The molecule has 0 heterocycles. The maximum Gasteiger partial charge on any atom is 0.251 e. The molecule has 0 aliphatic heterocycles. The lowest BCUT2D eigenvalue weighted by Crippen LogP contribution is -2.37. The molecule has 1 aliphatic carbocycles. The van der Waals surface area contributed by atoms with Crippen LogP contribution in [0.25, 0.3) is 0 Å². The number of hydrogen-bond acceptors (Lipinski definition) is 2. The van der Waals surface area contributed by atoms with Gasteiger partial charge in [0.1, 0.15) is 0 Å². The van der Waals surface area contributed by atoms with Crippen molar-refractivity contribution in [3.63, 3.8) is 0 Å². The molecule has 104 valence electrons. The summed E-state index contributed by atoms with van der Waals surface area (Å²) in [4.78, 5) is 12.1. The fraction of sp³-hybridized carbons (Fsp3) is 0.533. The Morgan fingerprint density at radius 3 is 2.68 bits per heavy atom. The molecule has 1 fully saturated rings. The average Bonchev–Trinajstić information content (AvgIpc) is 2.40. The number of halogens is 1. The van der Waals surface area contributed by atoms with E-state index < -0.39 is 0 Å². The predicted octanol–water partition coefficient (Wildman–Crippen LogP) is 3.62. The molecule has 0 saturated heterocycles. The largest absolute Gasteiger partial charge is 0.398 e. The molecule has 3 nitrogen and oxygen atoms in total. The van der Waals surface area contributed by atoms with Crippen molar-refractivity contribution in [3.05, 3.63) is 28.8 Å². The van der Waals surface area contributed by atoms with Gasteiger partial charge in [-0.05, 0) is 36.5 Å². The Bertz CT molecular complexity index is 467.